The SMILES string of the molecule is O=C(Cc1cc[nH]c1)Nc1ncccn1. The van der Waals surface area contributed by atoms with Gasteiger partial charge in [-0.1, -0.05) is 0 Å². The van der Waals surface area contributed by atoms with Crippen LogP contribution in [0.15, 0.2) is 36.9 Å². The van der Waals surface area contributed by atoms with E-state index in [0.29, 0.717) is 12.4 Å². The van der Waals surface area contributed by atoms with Crippen molar-refractivity contribution in [2.75, 3.05) is 5.32 Å². The van der Waals surface area contributed by atoms with Crippen molar-refractivity contribution in [3.8, 4) is 0 Å². The van der Waals surface area contributed by atoms with Gasteiger partial charge in [-0.2, -0.15) is 0 Å². The van der Waals surface area contributed by atoms with Gasteiger partial charge in [0.1, 0.15) is 0 Å². The zero-order valence-electron chi connectivity index (χ0n) is 7.97. The van der Waals surface area contributed by atoms with E-state index in [2.05, 4.69) is 20.3 Å². The fraction of sp³-hybridized carbons (Fsp3) is 0.100. The Bertz CT molecular complexity index is 424. The Balaban J connectivity index is 1.94. The Kier molecular flexibility index (Phi) is 2.73. The number of carbonyl (C=O) groups excluding carboxylic acids is 1. The van der Waals surface area contributed by atoms with Crippen LogP contribution in [0.1, 0.15) is 5.56 Å². The minimum absolute atomic E-state index is 0.124. The topological polar surface area (TPSA) is 70.7 Å². The number of aromatic amines is 1. The minimum Gasteiger partial charge on any atom is -0.367 e. The molecule has 0 aliphatic heterocycles. The van der Waals surface area contributed by atoms with Gasteiger partial charge in [0.25, 0.3) is 0 Å². The lowest BCUT2D eigenvalue weighted by Crippen LogP contribution is -2.15. The van der Waals surface area contributed by atoms with E-state index in [-0.39, 0.29) is 5.91 Å². The lowest BCUT2D eigenvalue weighted by atomic mass is 10.2. The summed E-state index contributed by atoms with van der Waals surface area (Å²) in [4.78, 5) is 22.2. The number of amides is 1. The first kappa shape index (κ1) is 9.39. The number of nitrogens with one attached hydrogen (secondary N) is 2. The average molecular weight is 202 g/mol. The second-order valence-electron chi connectivity index (χ2n) is 3.02. The van der Waals surface area contributed by atoms with Crippen LogP contribution in [0.5, 0.6) is 0 Å². The van der Waals surface area contributed by atoms with Gasteiger partial charge in [-0.3, -0.25) is 10.1 Å². The highest BCUT2D eigenvalue weighted by Crippen LogP contribution is 2.00. The monoisotopic (exact) mass is 202 g/mol. The highest BCUT2D eigenvalue weighted by molar-refractivity contribution is 5.90. The van der Waals surface area contributed by atoms with E-state index >= 15 is 0 Å². The zero-order chi connectivity index (χ0) is 10.5. The number of rotatable bonds is 3. The quantitative estimate of drug-likeness (QED) is 0.779. The predicted octanol–water partition coefficient (Wildman–Crippen LogP) is 0.986. The Morgan fingerprint density at radius 2 is 2.20 bits per heavy atom. The molecule has 0 bridgehead atoms. The number of carbonyl (C=O) groups is 1. The third kappa shape index (κ3) is 2.63. The van der Waals surface area contributed by atoms with Crippen LogP contribution in [0, 0.1) is 0 Å². The highest BCUT2D eigenvalue weighted by Gasteiger charge is 2.04. The van der Waals surface area contributed by atoms with Gasteiger partial charge in [-0.05, 0) is 17.7 Å². The van der Waals surface area contributed by atoms with Crippen LogP contribution in [0.4, 0.5) is 5.95 Å². The first-order chi connectivity index (χ1) is 7.34. The molecular weight excluding hydrogens is 192 g/mol. The van der Waals surface area contributed by atoms with Gasteiger partial charge in [0.05, 0.1) is 6.42 Å². The van der Waals surface area contributed by atoms with Crippen molar-refractivity contribution in [3.63, 3.8) is 0 Å². The van der Waals surface area contributed by atoms with Crippen molar-refractivity contribution in [2.24, 2.45) is 0 Å². The standard InChI is InChI=1S/C10H10N4O/c15-9(6-8-2-5-11-7-8)14-10-12-3-1-4-13-10/h1-5,7,11H,6H2,(H,12,13,14,15). The highest BCUT2D eigenvalue weighted by atomic mass is 16.1. The van der Waals surface area contributed by atoms with Crippen LogP contribution in [0.2, 0.25) is 0 Å². The number of nitrogens with zero attached hydrogens (tertiary/aromatic N) is 2. The van der Waals surface area contributed by atoms with Gasteiger partial charge in [-0.15, -0.1) is 0 Å². The molecule has 2 aromatic heterocycles. The normalized spacial score (nSPS) is 9.87. The number of anilines is 1. The molecule has 0 fully saturated rings. The van der Waals surface area contributed by atoms with Crippen LogP contribution in [-0.2, 0) is 11.2 Å². The van der Waals surface area contributed by atoms with E-state index < -0.39 is 0 Å². The lowest BCUT2D eigenvalue weighted by Gasteiger charge is -2.00. The lowest BCUT2D eigenvalue weighted by molar-refractivity contribution is -0.115. The smallest absolute Gasteiger partial charge is 0.231 e. The van der Waals surface area contributed by atoms with Crippen LogP contribution < -0.4 is 5.32 Å². The molecule has 0 aliphatic carbocycles. The van der Waals surface area contributed by atoms with Gasteiger partial charge < -0.3 is 4.98 Å². The van der Waals surface area contributed by atoms with E-state index in [1.807, 2.05) is 6.07 Å². The molecular formula is C10H10N4O. The van der Waals surface area contributed by atoms with Gasteiger partial charge in [0, 0.05) is 24.8 Å². The number of hydrogen-bond acceptors (Lipinski definition) is 3. The fourth-order valence-electron chi connectivity index (χ4n) is 1.19. The molecule has 2 aromatic rings. The second-order valence-corrected chi connectivity index (χ2v) is 3.02. The molecule has 0 aromatic carbocycles. The molecule has 0 radical (unpaired) electrons. The summed E-state index contributed by atoms with van der Waals surface area (Å²) in [6.45, 7) is 0. The van der Waals surface area contributed by atoms with E-state index in [9.17, 15) is 4.79 Å². The second kappa shape index (κ2) is 4.36. The summed E-state index contributed by atoms with van der Waals surface area (Å²) in [6.07, 6.45) is 7.05. The first-order valence-electron chi connectivity index (χ1n) is 4.53. The molecule has 2 N–H and O–H groups in total. The van der Waals surface area contributed by atoms with E-state index in [0.717, 1.165) is 5.56 Å². The summed E-state index contributed by atoms with van der Waals surface area (Å²) in [6, 6.07) is 3.55. The first-order valence-corrected chi connectivity index (χ1v) is 4.53. The third-order valence-corrected chi connectivity index (χ3v) is 1.84. The van der Waals surface area contributed by atoms with Gasteiger partial charge in [0.15, 0.2) is 0 Å². The van der Waals surface area contributed by atoms with E-state index in [1.54, 1.807) is 30.9 Å². The predicted molar refractivity (Wildman–Crippen MR) is 55.2 cm³/mol. The molecule has 0 aliphatic rings. The summed E-state index contributed by atoms with van der Waals surface area (Å²) < 4.78 is 0. The Morgan fingerprint density at radius 3 is 2.87 bits per heavy atom. The molecule has 0 saturated heterocycles. The molecule has 76 valence electrons. The molecule has 2 rings (SSSR count). The largest absolute Gasteiger partial charge is 0.367 e. The molecule has 0 saturated carbocycles. The van der Waals surface area contributed by atoms with Gasteiger partial charge in [-0.25, -0.2) is 9.97 Å². The summed E-state index contributed by atoms with van der Waals surface area (Å²) in [5, 5.41) is 2.61. The van der Waals surface area contributed by atoms with Crippen LogP contribution in [-0.4, -0.2) is 20.9 Å². The fourth-order valence-corrected chi connectivity index (χ4v) is 1.19. The van der Waals surface area contributed by atoms with Crippen LogP contribution in [0.25, 0.3) is 0 Å². The molecule has 0 atom stereocenters. The van der Waals surface area contributed by atoms with Crippen molar-refractivity contribution in [3.05, 3.63) is 42.5 Å². The molecule has 1 amide bonds. The molecule has 15 heavy (non-hydrogen) atoms. The molecule has 0 unspecified atom stereocenters. The number of aromatic nitrogens is 3. The van der Waals surface area contributed by atoms with Crippen LogP contribution >= 0.6 is 0 Å². The zero-order valence-corrected chi connectivity index (χ0v) is 7.97. The minimum atomic E-state index is -0.124. The molecule has 2 heterocycles. The van der Waals surface area contributed by atoms with Crippen molar-refractivity contribution < 1.29 is 4.79 Å². The number of hydrogen-bond donors (Lipinski definition) is 2. The van der Waals surface area contributed by atoms with Gasteiger partial charge >= 0.3 is 0 Å². The van der Waals surface area contributed by atoms with Crippen molar-refractivity contribution in [1.82, 2.24) is 15.0 Å². The van der Waals surface area contributed by atoms with Crippen molar-refractivity contribution >= 4 is 11.9 Å². The maximum Gasteiger partial charge on any atom is 0.231 e. The molecule has 0 spiro atoms. The van der Waals surface area contributed by atoms with E-state index in [4.69, 9.17) is 0 Å². The number of H-pyrrole nitrogens is 1. The Labute approximate surface area is 86.6 Å². The maximum absolute atomic E-state index is 11.5. The summed E-state index contributed by atoms with van der Waals surface area (Å²) in [7, 11) is 0. The van der Waals surface area contributed by atoms with Crippen LogP contribution in [0.3, 0.4) is 0 Å². The average Bonchev–Trinajstić information content (AvgIpc) is 2.71. The van der Waals surface area contributed by atoms with Gasteiger partial charge in [0.2, 0.25) is 11.9 Å². The van der Waals surface area contributed by atoms with Crippen molar-refractivity contribution in [2.45, 2.75) is 6.42 Å². The summed E-state index contributed by atoms with van der Waals surface area (Å²) in [5.74, 6) is 0.207. The summed E-state index contributed by atoms with van der Waals surface area (Å²) in [5.41, 5.74) is 0.934. The molecule has 5 heteroatoms. The summed E-state index contributed by atoms with van der Waals surface area (Å²) >= 11 is 0. The van der Waals surface area contributed by atoms with Crippen molar-refractivity contribution in [1.29, 1.82) is 0 Å². The molecule has 5 nitrogen and oxygen atoms in total. The maximum atomic E-state index is 11.5. The van der Waals surface area contributed by atoms with E-state index in [1.165, 1.54) is 0 Å². The Hall–Kier alpha value is -2.17. The Morgan fingerprint density at radius 1 is 1.40 bits per heavy atom. The third-order valence-electron chi connectivity index (χ3n) is 1.84.